The summed E-state index contributed by atoms with van der Waals surface area (Å²) in [5, 5.41) is 5.68. The topological polar surface area (TPSA) is 77.0 Å². The molecule has 126 valence electrons. The zero-order valence-electron chi connectivity index (χ0n) is 13.4. The maximum atomic E-state index is 12.4. The van der Waals surface area contributed by atoms with E-state index in [-0.39, 0.29) is 11.8 Å². The molecule has 7 heteroatoms. The third-order valence-corrected chi connectivity index (χ3v) is 4.94. The van der Waals surface area contributed by atoms with E-state index in [4.69, 9.17) is 4.74 Å². The van der Waals surface area contributed by atoms with Crippen LogP contribution < -0.4 is 10.1 Å². The molecule has 0 saturated carbocycles. The van der Waals surface area contributed by atoms with E-state index in [1.807, 2.05) is 29.6 Å². The lowest BCUT2D eigenvalue weighted by Crippen LogP contribution is -2.37. The van der Waals surface area contributed by atoms with Crippen molar-refractivity contribution in [3.05, 3.63) is 59.5 Å². The summed E-state index contributed by atoms with van der Waals surface area (Å²) in [5.41, 5.74) is 2.63. The smallest absolute Gasteiger partial charge is 0.227 e. The average Bonchev–Trinajstić information content (AvgIpc) is 3.15. The highest BCUT2D eigenvalue weighted by molar-refractivity contribution is 7.13. The molecule has 1 aliphatic heterocycles. The SMILES string of the molecule is O=C(NCc1csc(-c2cnccn2)n1)[C@@H]1COc2ccccc2C1. The van der Waals surface area contributed by atoms with Crippen molar-refractivity contribution in [2.24, 2.45) is 5.92 Å². The normalized spacial score (nSPS) is 15.9. The van der Waals surface area contributed by atoms with Crippen LogP contribution in [0.25, 0.3) is 10.7 Å². The molecule has 2 aromatic heterocycles. The summed E-state index contributed by atoms with van der Waals surface area (Å²) in [6.07, 6.45) is 5.64. The van der Waals surface area contributed by atoms with Crippen molar-refractivity contribution in [1.29, 1.82) is 0 Å². The molecular weight excluding hydrogens is 336 g/mol. The fourth-order valence-corrected chi connectivity index (χ4v) is 3.51. The molecule has 25 heavy (non-hydrogen) atoms. The Bertz CT molecular complexity index is 882. The van der Waals surface area contributed by atoms with Gasteiger partial charge in [-0.2, -0.15) is 0 Å². The molecule has 0 spiro atoms. The van der Waals surface area contributed by atoms with E-state index in [2.05, 4.69) is 20.3 Å². The van der Waals surface area contributed by atoms with Crippen molar-refractivity contribution in [2.75, 3.05) is 6.61 Å². The summed E-state index contributed by atoms with van der Waals surface area (Å²) in [6.45, 7) is 0.804. The summed E-state index contributed by atoms with van der Waals surface area (Å²) in [6, 6.07) is 7.84. The van der Waals surface area contributed by atoms with Gasteiger partial charge in [0.2, 0.25) is 5.91 Å². The van der Waals surface area contributed by atoms with E-state index in [0.717, 1.165) is 27.7 Å². The number of nitrogens with zero attached hydrogens (tertiary/aromatic N) is 3. The van der Waals surface area contributed by atoms with Gasteiger partial charge in [0, 0.05) is 17.8 Å². The molecule has 1 aromatic carbocycles. The lowest BCUT2D eigenvalue weighted by molar-refractivity contribution is -0.126. The molecule has 0 bridgehead atoms. The molecule has 3 heterocycles. The summed E-state index contributed by atoms with van der Waals surface area (Å²) in [5.74, 6) is 0.691. The van der Waals surface area contributed by atoms with Gasteiger partial charge in [-0.3, -0.25) is 14.8 Å². The molecule has 4 rings (SSSR count). The van der Waals surface area contributed by atoms with Crippen LogP contribution in [0, 0.1) is 5.92 Å². The molecule has 1 N–H and O–H groups in total. The number of hydrogen-bond donors (Lipinski definition) is 1. The van der Waals surface area contributed by atoms with Crippen LogP contribution in [0.4, 0.5) is 0 Å². The van der Waals surface area contributed by atoms with Crippen LogP contribution in [0.1, 0.15) is 11.3 Å². The number of ether oxygens (including phenoxy) is 1. The Labute approximate surface area is 148 Å². The maximum absolute atomic E-state index is 12.4. The zero-order valence-corrected chi connectivity index (χ0v) is 14.2. The van der Waals surface area contributed by atoms with Crippen LogP contribution in [0.5, 0.6) is 5.75 Å². The van der Waals surface area contributed by atoms with Crippen molar-refractivity contribution in [2.45, 2.75) is 13.0 Å². The molecule has 0 fully saturated rings. The fraction of sp³-hybridized carbons (Fsp3) is 0.222. The average molecular weight is 352 g/mol. The van der Waals surface area contributed by atoms with Gasteiger partial charge in [-0.1, -0.05) is 18.2 Å². The van der Waals surface area contributed by atoms with Crippen molar-refractivity contribution >= 4 is 17.2 Å². The second kappa shape index (κ2) is 6.98. The van der Waals surface area contributed by atoms with Crippen LogP contribution in [0.15, 0.2) is 48.2 Å². The number of para-hydroxylation sites is 1. The molecule has 0 radical (unpaired) electrons. The molecule has 1 aliphatic rings. The minimum absolute atomic E-state index is 0.0106. The lowest BCUT2D eigenvalue weighted by Gasteiger charge is -2.24. The number of amides is 1. The zero-order chi connectivity index (χ0) is 17.1. The molecule has 0 unspecified atom stereocenters. The highest BCUT2D eigenvalue weighted by Crippen LogP contribution is 2.27. The highest BCUT2D eigenvalue weighted by Gasteiger charge is 2.25. The van der Waals surface area contributed by atoms with Gasteiger partial charge in [0.1, 0.15) is 23.1 Å². The van der Waals surface area contributed by atoms with Crippen LogP contribution in [-0.4, -0.2) is 27.5 Å². The van der Waals surface area contributed by atoms with E-state index >= 15 is 0 Å². The van der Waals surface area contributed by atoms with Crippen molar-refractivity contribution in [3.8, 4) is 16.5 Å². The van der Waals surface area contributed by atoms with Crippen molar-refractivity contribution in [1.82, 2.24) is 20.3 Å². The van der Waals surface area contributed by atoms with E-state index in [0.29, 0.717) is 19.6 Å². The number of rotatable bonds is 4. The summed E-state index contributed by atoms with van der Waals surface area (Å²) in [7, 11) is 0. The van der Waals surface area contributed by atoms with Gasteiger partial charge < -0.3 is 10.1 Å². The Morgan fingerprint density at radius 3 is 3.12 bits per heavy atom. The van der Waals surface area contributed by atoms with Gasteiger partial charge in [-0.05, 0) is 18.1 Å². The van der Waals surface area contributed by atoms with Gasteiger partial charge in [-0.25, -0.2) is 4.98 Å². The third kappa shape index (κ3) is 3.51. The first kappa shape index (κ1) is 15.7. The standard InChI is InChI=1S/C18H16N4O2S/c23-17(13-7-12-3-1-2-4-16(12)24-10-13)21-8-14-11-25-18(22-14)15-9-19-5-6-20-15/h1-6,9,11,13H,7-8,10H2,(H,21,23)/t13-/m0/s1. The Hall–Kier alpha value is -2.80. The van der Waals surface area contributed by atoms with Gasteiger partial charge in [-0.15, -0.1) is 11.3 Å². The minimum atomic E-state index is -0.173. The number of fused-ring (bicyclic) bond motifs is 1. The monoisotopic (exact) mass is 352 g/mol. The third-order valence-electron chi connectivity index (χ3n) is 4.03. The number of nitrogens with one attached hydrogen (secondary N) is 1. The number of benzene rings is 1. The summed E-state index contributed by atoms with van der Waals surface area (Å²) in [4.78, 5) is 25.2. The second-order valence-corrected chi connectivity index (χ2v) is 6.63. The van der Waals surface area contributed by atoms with E-state index in [9.17, 15) is 4.79 Å². The van der Waals surface area contributed by atoms with Crippen LogP contribution in [-0.2, 0) is 17.8 Å². The van der Waals surface area contributed by atoms with Crippen LogP contribution in [0.2, 0.25) is 0 Å². The van der Waals surface area contributed by atoms with Gasteiger partial charge in [0.15, 0.2) is 0 Å². The van der Waals surface area contributed by atoms with Gasteiger partial charge >= 0.3 is 0 Å². The van der Waals surface area contributed by atoms with Crippen LogP contribution >= 0.6 is 11.3 Å². The van der Waals surface area contributed by atoms with Gasteiger partial charge in [0.05, 0.1) is 24.4 Å². The highest BCUT2D eigenvalue weighted by atomic mass is 32.1. The molecule has 0 saturated heterocycles. The largest absolute Gasteiger partial charge is 0.492 e. The predicted molar refractivity (Wildman–Crippen MR) is 94.1 cm³/mol. The number of hydrogen-bond acceptors (Lipinski definition) is 6. The van der Waals surface area contributed by atoms with E-state index in [1.165, 1.54) is 11.3 Å². The predicted octanol–water partition coefficient (Wildman–Crippen LogP) is 2.47. The van der Waals surface area contributed by atoms with E-state index < -0.39 is 0 Å². The molecule has 1 atom stereocenters. The maximum Gasteiger partial charge on any atom is 0.227 e. The molecule has 0 aliphatic carbocycles. The number of carbonyl (C=O) groups is 1. The number of carbonyl (C=O) groups excluding carboxylic acids is 1. The quantitative estimate of drug-likeness (QED) is 0.780. The fourth-order valence-electron chi connectivity index (χ4n) is 2.73. The van der Waals surface area contributed by atoms with Crippen molar-refractivity contribution < 1.29 is 9.53 Å². The number of thiazole rings is 1. The van der Waals surface area contributed by atoms with Gasteiger partial charge in [0.25, 0.3) is 0 Å². The van der Waals surface area contributed by atoms with Crippen molar-refractivity contribution in [3.63, 3.8) is 0 Å². The summed E-state index contributed by atoms with van der Waals surface area (Å²) >= 11 is 1.49. The summed E-state index contributed by atoms with van der Waals surface area (Å²) < 4.78 is 5.68. The first-order valence-electron chi connectivity index (χ1n) is 7.99. The Morgan fingerprint density at radius 1 is 1.32 bits per heavy atom. The van der Waals surface area contributed by atoms with Crippen LogP contribution in [0.3, 0.4) is 0 Å². The Balaban J connectivity index is 1.36. The second-order valence-electron chi connectivity index (χ2n) is 5.77. The Kier molecular flexibility index (Phi) is 4.39. The molecule has 3 aromatic rings. The Morgan fingerprint density at radius 2 is 2.24 bits per heavy atom. The lowest BCUT2D eigenvalue weighted by atomic mass is 9.96. The molecule has 6 nitrogen and oxygen atoms in total. The molecule has 1 amide bonds. The first-order chi connectivity index (χ1) is 12.3. The molecular formula is C18H16N4O2S. The minimum Gasteiger partial charge on any atom is -0.492 e. The first-order valence-corrected chi connectivity index (χ1v) is 8.87. The van der Waals surface area contributed by atoms with E-state index in [1.54, 1.807) is 18.6 Å². The number of aromatic nitrogens is 3.